The van der Waals surface area contributed by atoms with Gasteiger partial charge in [0.05, 0.1) is 0 Å². The summed E-state index contributed by atoms with van der Waals surface area (Å²) < 4.78 is 4.92. The summed E-state index contributed by atoms with van der Waals surface area (Å²) in [5, 5.41) is 9.61. The summed E-state index contributed by atoms with van der Waals surface area (Å²) in [6.45, 7) is 3.80. The van der Waals surface area contributed by atoms with Crippen molar-refractivity contribution in [1.82, 2.24) is 0 Å². The Morgan fingerprint density at radius 3 is 2.93 bits per heavy atom. The van der Waals surface area contributed by atoms with Gasteiger partial charge in [0.25, 0.3) is 0 Å². The van der Waals surface area contributed by atoms with Gasteiger partial charge in [-0.15, -0.1) is 0 Å². The molecule has 1 rings (SSSR count). The molecule has 0 fully saturated rings. The molecule has 0 spiro atoms. The van der Waals surface area contributed by atoms with Gasteiger partial charge < -0.3 is 9.84 Å². The Balaban J connectivity index is 2.78. The zero-order valence-corrected chi connectivity index (χ0v) is 8.86. The van der Waals surface area contributed by atoms with Crippen LogP contribution in [-0.4, -0.2) is 17.7 Å². The lowest BCUT2D eigenvalue weighted by Crippen LogP contribution is -2.05. The van der Waals surface area contributed by atoms with Gasteiger partial charge in [0.1, 0.15) is 17.9 Å². The number of carbonyl (C=O) groups excluding carboxylic acids is 1. The van der Waals surface area contributed by atoms with Crippen LogP contribution in [0.5, 0.6) is 5.75 Å². The second kappa shape index (κ2) is 5.20. The van der Waals surface area contributed by atoms with Crippen molar-refractivity contribution in [2.24, 2.45) is 0 Å². The smallest absolute Gasteiger partial charge is 0.342 e. The van der Waals surface area contributed by atoms with Crippen LogP contribution in [0.15, 0.2) is 30.4 Å². The molecule has 3 heteroatoms. The number of esters is 1. The van der Waals surface area contributed by atoms with Crippen LogP contribution < -0.4 is 0 Å². The van der Waals surface area contributed by atoms with Crippen molar-refractivity contribution >= 4 is 5.97 Å². The predicted octanol–water partition coefficient (Wildman–Crippen LogP) is 2.43. The highest BCUT2D eigenvalue weighted by Gasteiger charge is 2.12. The molecule has 1 aromatic rings. The number of aromatic hydroxyl groups is 1. The van der Waals surface area contributed by atoms with E-state index in [1.165, 1.54) is 0 Å². The van der Waals surface area contributed by atoms with E-state index in [1.807, 2.05) is 6.92 Å². The lowest BCUT2D eigenvalue weighted by Gasteiger charge is -2.05. The van der Waals surface area contributed by atoms with E-state index in [0.29, 0.717) is 5.56 Å². The van der Waals surface area contributed by atoms with E-state index in [1.54, 1.807) is 37.3 Å². The molecule has 0 aliphatic carbocycles. The van der Waals surface area contributed by atoms with Crippen LogP contribution in [-0.2, 0) is 4.74 Å². The van der Waals surface area contributed by atoms with E-state index in [0.717, 1.165) is 0 Å². The van der Waals surface area contributed by atoms with Crippen molar-refractivity contribution in [3.63, 3.8) is 0 Å². The number of benzene rings is 1. The Morgan fingerprint density at radius 2 is 2.27 bits per heavy atom. The first-order valence-corrected chi connectivity index (χ1v) is 4.73. The Morgan fingerprint density at radius 1 is 1.53 bits per heavy atom. The van der Waals surface area contributed by atoms with Gasteiger partial charge >= 0.3 is 5.97 Å². The van der Waals surface area contributed by atoms with Crippen molar-refractivity contribution in [2.45, 2.75) is 13.8 Å². The molecule has 80 valence electrons. The fourth-order valence-electron chi connectivity index (χ4n) is 1.12. The molecule has 0 bridgehead atoms. The Kier molecular flexibility index (Phi) is 3.92. The molecule has 0 amide bonds. The molecule has 0 saturated carbocycles. The lowest BCUT2D eigenvalue weighted by atomic mass is 10.1. The molecule has 3 nitrogen and oxygen atoms in total. The van der Waals surface area contributed by atoms with E-state index in [2.05, 4.69) is 0 Å². The first kappa shape index (κ1) is 11.3. The van der Waals surface area contributed by atoms with Gasteiger partial charge in [0.15, 0.2) is 0 Å². The van der Waals surface area contributed by atoms with Crippen LogP contribution in [0.25, 0.3) is 0 Å². The topological polar surface area (TPSA) is 46.5 Å². The van der Waals surface area contributed by atoms with Crippen LogP contribution in [0.1, 0.15) is 22.8 Å². The maximum Gasteiger partial charge on any atom is 0.342 e. The molecule has 0 aliphatic rings. The van der Waals surface area contributed by atoms with Gasteiger partial charge in [0, 0.05) is 0 Å². The largest absolute Gasteiger partial charge is 0.507 e. The first-order chi connectivity index (χ1) is 7.16. The molecule has 0 unspecified atom stereocenters. The number of hydrogen-bond acceptors (Lipinski definition) is 3. The van der Waals surface area contributed by atoms with E-state index < -0.39 is 5.97 Å². The average molecular weight is 206 g/mol. The van der Waals surface area contributed by atoms with Gasteiger partial charge in [-0.25, -0.2) is 4.79 Å². The van der Waals surface area contributed by atoms with Crippen molar-refractivity contribution in [3.05, 3.63) is 41.5 Å². The fourth-order valence-corrected chi connectivity index (χ4v) is 1.12. The average Bonchev–Trinajstić information content (AvgIpc) is 2.22. The number of rotatable bonds is 3. The lowest BCUT2D eigenvalue weighted by molar-refractivity contribution is 0.0546. The predicted molar refractivity (Wildman–Crippen MR) is 57.9 cm³/mol. The van der Waals surface area contributed by atoms with E-state index >= 15 is 0 Å². The van der Waals surface area contributed by atoms with Crippen molar-refractivity contribution in [1.29, 1.82) is 0 Å². The minimum Gasteiger partial charge on any atom is -0.507 e. The fraction of sp³-hybridized carbons (Fsp3) is 0.250. The highest BCUT2D eigenvalue weighted by atomic mass is 16.5. The molecule has 0 saturated heterocycles. The molecular formula is C12H14O3. The minimum absolute atomic E-state index is 0.0111. The molecule has 0 radical (unpaired) electrons. The molecule has 0 aliphatic heterocycles. The van der Waals surface area contributed by atoms with Crippen molar-refractivity contribution in [2.75, 3.05) is 6.61 Å². The van der Waals surface area contributed by atoms with E-state index in [9.17, 15) is 9.90 Å². The normalized spacial score (nSPS) is 10.5. The minimum atomic E-state index is -0.505. The third kappa shape index (κ3) is 2.84. The third-order valence-electron chi connectivity index (χ3n) is 2.00. The summed E-state index contributed by atoms with van der Waals surface area (Å²) in [6.07, 6.45) is 3.52. The van der Waals surface area contributed by atoms with Gasteiger partial charge in [0.2, 0.25) is 0 Å². The third-order valence-corrected chi connectivity index (χ3v) is 2.00. The van der Waals surface area contributed by atoms with Gasteiger partial charge in [-0.1, -0.05) is 24.3 Å². The van der Waals surface area contributed by atoms with Crippen LogP contribution in [0.3, 0.4) is 0 Å². The van der Waals surface area contributed by atoms with Crippen molar-refractivity contribution < 1.29 is 14.6 Å². The monoisotopic (exact) mass is 206 g/mol. The number of para-hydroxylation sites is 1. The van der Waals surface area contributed by atoms with Gasteiger partial charge in [-0.2, -0.15) is 0 Å². The molecule has 0 aromatic heterocycles. The van der Waals surface area contributed by atoms with Gasteiger partial charge in [-0.3, -0.25) is 0 Å². The number of allylic oxidation sites excluding steroid dienone is 1. The Hall–Kier alpha value is -1.77. The number of aryl methyl sites for hydroxylation is 1. The Bertz CT molecular complexity index is 380. The highest BCUT2D eigenvalue weighted by molar-refractivity contribution is 5.92. The number of ether oxygens (including phenoxy) is 1. The maximum atomic E-state index is 11.5. The quantitative estimate of drug-likeness (QED) is 0.610. The number of phenolic OH excluding ortho intramolecular Hbond substituents is 1. The summed E-state index contributed by atoms with van der Waals surface area (Å²) in [5.74, 6) is -0.516. The molecule has 0 atom stereocenters. The summed E-state index contributed by atoms with van der Waals surface area (Å²) >= 11 is 0. The Labute approximate surface area is 89.0 Å². The number of phenols is 1. The summed E-state index contributed by atoms with van der Waals surface area (Å²) in [7, 11) is 0. The zero-order valence-electron chi connectivity index (χ0n) is 8.86. The second-order valence-corrected chi connectivity index (χ2v) is 3.14. The first-order valence-electron chi connectivity index (χ1n) is 4.73. The molecule has 15 heavy (non-hydrogen) atoms. The standard InChI is InChI=1S/C12H14O3/c1-3-4-8-15-12(14)10-7-5-6-9(2)11(10)13/h3-7,13H,8H2,1-2H3/b4-3+. The molecule has 1 N–H and O–H groups in total. The summed E-state index contributed by atoms with van der Waals surface area (Å²) in [5.41, 5.74) is 0.870. The zero-order chi connectivity index (χ0) is 11.3. The maximum absolute atomic E-state index is 11.5. The van der Waals surface area contributed by atoms with E-state index in [4.69, 9.17) is 4.74 Å². The summed E-state index contributed by atoms with van der Waals surface area (Å²) in [6, 6.07) is 4.99. The van der Waals surface area contributed by atoms with Crippen LogP contribution >= 0.6 is 0 Å². The number of hydrogen-bond donors (Lipinski definition) is 1. The van der Waals surface area contributed by atoms with Crippen LogP contribution in [0.4, 0.5) is 0 Å². The van der Waals surface area contributed by atoms with Crippen LogP contribution in [0.2, 0.25) is 0 Å². The highest BCUT2D eigenvalue weighted by Crippen LogP contribution is 2.21. The second-order valence-electron chi connectivity index (χ2n) is 3.14. The SMILES string of the molecule is C/C=C/COC(=O)c1cccc(C)c1O. The molecule has 0 heterocycles. The van der Waals surface area contributed by atoms with Gasteiger partial charge in [-0.05, 0) is 25.5 Å². The molecule has 1 aromatic carbocycles. The van der Waals surface area contributed by atoms with Crippen LogP contribution in [0, 0.1) is 6.92 Å². The molecular weight excluding hydrogens is 192 g/mol. The summed E-state index contributed by atoms with van der Waals surface area (Å²) in [4.78, 5) is 11.5. The van der Waals surface area contributed by atoms with Crippen molar-refractivity contribution in [3.8, 4) is 5.75 Å². The number of carbonyl (C=O) groups is 1. The van der Waals surface area contributed by atoms with E-state index in [-0.39, 0.29) is 17.9 Å².